The topological polar surface area (TPSA) is 101 Å². The molecule has 2 aliphatic rings. The van der Waals surface area contributed by atoms with Crippen LogP contribution in [0.4, 0.5) is 0 Å². The molecule has 0 saturated carbocycles. The van der Waals surface area contributed by atoms with Gasteiger partial charge in [-0.2, -0.15) is 9.83 Å². The zero-order chi connectivity index (χ0) is 9.92. The van der Waals surface area contributed by atoms with Gasteiger partial charge in [0.05, 0.1) is 0 Å². The van der Waals surface area contributed by atoms with E-state index in [9.17, 15) is 9.36 Å². The van der Waals surface area contributed by atoms with E-state index in [0.717, 1.165) is 0 Å². The Labute approximate surface area is 76.4 Å². The standard InChI is InChI=1S/C6HN2O5P/c7-1-2-3-4-6(8-5(2)9)13-14(10,11-3)12-4/h(H,8,9). The number of nitriles is 1. The minimum absolute atomic E-state index is 0.0319. The summed E-state index contributed by atoms with van der Waals surface area (Å²) in [4.78, 5) is 13.4. The summed E-state index contributed by atoms with van der Waals surface area (Å²) in [5, 5.41) is 8.64. The molecule has 1 atom stereocenters. The summed E-state index contributed by atoms with van der Waals surface area (Å²) in [6, 6.07) is 1.64. The van der Waals surface area contributed by atoms with Crippen molar-refractivity contribution < 1.29 is 18.1 Å². The van der Waals surface area contributed by atoms with E-state index >= 15 is 0 Å². The van der Waals surface area contributed by atoms with Gasteiger partial charge < -0.3 is 13.6 Å². The molecule has 0 fully saturated rings. The first-order chi connectivity index (χ1) is 6.63. The van der Waals surface area contributed by atoms with Crippen molar-refractivity contribution in [2.24, 2.45) is 0 Å². The van der Waals surface area contributed by atoms with Gasteiger partial charge in [-0.3, -0.25) is 9.78 Å². The van der Waals surface area contributed by atoms with E-state index < -0.39 is 13.4 Å². The van der Waals surface area contributed by atoms with Crippen molar-refractivity contribution in [2.45, 2.75) is 0 Å². The third kappa shape index (κ3) is 0.674. The number of rotatable bonds is 0. The Kier molecular flexibility index (Phi) is 1.03. The van der Waals surface area contributed by atoms with Crippen LogP contribution in [0.15, 0.2) is 4.79 Å². The first kappa shape index (κ1) is 7.47. The van der Waals surface area contributed by atoms with Crippen LogP contribution in [0.3, 0.4) is 0 Å². The zero-order valence-corrected chi connectivity index (χ0v) is 7.33. The molecule has 70 valence electrons. The van der Waals surface area contributed by atoms with Gasteiger partial charge in [-0.15, -0.1) is 0 Å². The molecule has 1 aromatic heterocycles. The highest BCUT2D eigenvalue weighted by Gasteiger charge is 2.52. The van der Waals surface area contributed by atoms with Gasteiger partial charge in [0.1, 0.15) is 6.07 Å². The zero-order valence-electron chi connectivity index (χ0n) is 6.44. The number of aromatic amines is 1. The number of hydrogen-bond donors (Lipinski definition) is 1. The lowest BCUT2D eigenvalue weighted by Gasteiger charge is -2.08. The first-order valence-corrected chi connectivity index (χ1v) is 4.98. The van der Waals surface area contributed by atoms with Gasteiger partial charge in [0.25, 0.3) is 11.4 Å². The van der Waals surface area contributed by atoms with Crippen molar-refractivity contribution in [3.63, 3.8) is 0 Å². The molecule has 0 aromatic carbocycles. The summed E-state index contributed by atoms with van der Waals surface area (Å²) in [7, 11) is -3.63. The van der Waals surface area contributed by atoms with Gasteiger partial charge in [-0.25, -0.2) is 0 Å². The van der Waals surface area contributed by atoms with Crippen LogP contribution in [0, 0.1) is 11.3 Å². The Balaban J connectivity index is 2.46. The Bertz CT molecular complexity index is 597. The van der Waals surface area contributed by atoms with Crippen molar-refractivity contribution in [2.75, 3.05) is 0 Å². The van der Waals surface area contributed by atoms with Crippen LogP contribution in [0.1, 0.15) is 5.56 Å². The molecule has 0 saturated heterocycles. The summed E-state index contributed by atoms with van der Waals surface area (Å²) < 4.78 is 25.6. The van der Waals surface area contributed by atoms with E-state index in [-0.39, 0.29) is 22.9 Å². The summed E-state index contributed by atoms with van der Waals surface area (Å²) in [5.41, 5.74) is -0.914. The lowest BCUT2D eigenvalue weighted by atomic mass is 10.2. The number of phosphoric ester groups is 1. The largest absolute Gasteiger partial charge is 0.648 e. The molecule has 0 spiro atoms. The molecule has 7 nitrogen and oxygen atoms in total. The molecule has 0 amide bonds. The molecule has 1 aromatic rings. The first-order valence-electron chi connectivity index (χ1n) is 3.52. The fraction of sp³-hybridized carbons (Fsp3) is 0. The Morgan fingerprint density at radius 2 is 2.00 bits per heavy atom. The maximum absolute atomic E-state index is 11.4. The highest BCUT2D eigenvalue weighted by molar-refractivity contribution is 7.50. The summed E-state index contributed by atoms with van der Waals surface area (Å²) >= 11 is 0. The van der Waals surface area contributed by atoms with E-state index in [0.29, 0.717) is 0 Å². The predicted octanol–water partition coefficient (Wildman–Crippen LogP) is 0.518. The molecule has 2 aliphatic heterocycles. The molecule has 8 heteroatoms. The fourth-order valence-corrected chi connectivity index (χ4v) is 2.52. The van der Waals surface area contributed by atoms with Crippen LogP contribution < -0.4 is 19.1 Å². The van der Waals surface area contributed by atoms with E-state index in [1.165, 1.54) is 0 Å². The van der Waals surface area contributed by atoms with Gasteiger partial charge in [0, 0.05) is 0 Å². The van der Waals surface area contributed by atoms with Crippen molar-refractivity contribution in [1.82, 2.24) is 4.98 Å². The highest BCUT2D eigenvalue weighted by atomic mass is 31.2. The SMILES string of the molecule is N#Cc1c2c3c([nH]c1=O)OP(=O)(O3)O2. The second-order valence-electron chi connectivity index (χ2n) is 2.65. The monoisotopic (exact) mass is 212 g/mol. The van der Waals surface area contributed by atoms with Crippen LogP contribution >= 0.6 is 7.82 Å². The van der Waals surface area contributed by atoms with E-state index in [4.69, 9.17) is 18.8 Å². The van der Waals surface area contributed by atoms with Crippen LogP contribution in [0.2, 0.25) is 0 Å². The fourth-order valence-electron chi connectivity index (χ4n) is 1.27. The second-order valence-corrected chi connectivity index (χ2v) is 4.09. The van der Waals surface area contributed by atoms with Crippen molar-refractivity contribution in [1.29, 1.82) is 5.26 Å². The number of nitrogens with one attached hydrogen (secondary N) is 1. The Morgan fingerprint density at radius 3 is 2.64 bits per heavy atom. The van der Waals surface area contributed by atoms with Crippen molar-refractivity contribution >= 4 is 7.82 Å². The molecule has 1 unspecified atom stereocenters. The van der Waals surface area contributed by atoms with Crippen LogP contribution in [-0.4, -0.2) is 4.98 Å². The Morgan fingerprint density at radius 1 is 1.29 bits per heavy atom. The van der Waals surface area contributed by atoms with Crippen LogP contribution in [-0.2, 0) is 4.57 Å². The number of phosphoric acid groups is 1. The Hall–Kier alpha value is -1.93. The lowest BCUT2D eigenvalue weighted by Crippen LogP contribution is -2.13. The molecule has 14 heavy (non-hydrogen) atoms. The number of hydrogen-bond acceptors (Lipinski definition) is 6. The van der Waals surface area contributed by atoms with E-state index in [2.05, 4.69) is 4.98 Å². The third-order valence-electron chi connectivity index (χ3n) is 1.81. The minimum atomic E-state index is -3.63. The van der Waals surface area contributed by atoms with Crippen LogP contribution in [0.5, 0.6) is 17.4 Å². The number of H-pyrrole nitrogens is 1. The molecule has 2 bridgehead atoms. The maximum Gasteiger partial charge on any atom is 0.648 e. The molecule has 0 aliphatic carbocycles. The quantitative estimate of drug-likeness (QED) is 0.629. The maximum atomic E-state index is 11.4. The third-order valence-corrected chi connectivity index (χ3v) is 3.03. The van der Waals surface area contributed by atoms with Gasteiger partial charge in [-0.1, -0.05) is 0 Å². The highest BCUT2D eigenvalue weighted by Crippen LogP contribution is 2.67. The average Bonchev–Trinajstić information content (AvgIpc) is 2.57. The molecule has 3 rings (SSSR count). The van der Waals surface area contributed by atoms with Gasteiger partial charge in [-0.05, 0) is 0 Å². The number of nitrogens with zero attached hydrogens (tertiary/aromatic N) is 1. The molecule has 0 radical (unpaired) electrons. The average molecular weight is 212 g/mol. The number of aromatic nitrogens is 1. The number of fused-ring (bicyclic) bond motifs is 1. The lowest BCUT2D eigenvalue weighted by molar-refractivity contribution is 0.349. The van der Waals surface area contributed by atoms with E-state index in [1.54, 1.807) is 6.07 Å². The molecular weight excluding hydrogens is 211 g/mol. The van der Waals surface area contributed by atoms with Crippen molar-refractivity contribution in [3.05, 3.63) is 15.9 Å². The van der Waals surface area contributed by atoms with Gasteiger partial charge in [0.15, 0.2) is 5.56 Å². The van der Waals surface area contributed by atoms with Crippen LogP contribution in [0.25, 0.3) is 0 Å². The van der Waals surface area contributed by atoms with Gasteiger partial charge in [0.2, 0.25) is 11.5 Å². The van der Waals surface area contributed by atoms with E-state index in [1.807, 2.05) is 0 Å². The van der Waals surface area contributed by atoms with Crippen molar-refractivity contribution in [3.8, 4) is 23.4 Å². The number of pyridine rings is 1. The molecule has 1 N–H and O–H groups in total. The second kappa shape index (κ2) is 1.94. The predicted molar refractivity (Wildman–Crippen MR) is 41.3 cm³/mol. The summed E-state index contributed by atoms with van der Waals surface area (Å²) in [6.45, 7) is 0. The molecular formula is C6HN2O5P. The summed E-state index contributed by atoms with van der Waals surface area (Å²) in [6.07, 6.45) is 0. The molecule has 3 heterocycles. The smallest absolute Gasteiger partial charge is 0.380 e. The normalized spacial score (nSPS) is 24.8. The summed E-state index contributed by atoms with van der Waals surface area (Å²) in [5.74, 6) is -0.107. The van der Waals surface area contributed by atoms with Gasteiger partial charge >= 0.3 is 7.82 Å². The minimum Gasteiger partial charge on any atom is -0.380 e.